The quantitative estimate of drug-likeness (QED) is 0.806. The van der Waals surface area contributed by atoms with Crippen molar-refractivity contribution in [1.82, 2.24) is 4.72 Å². The molecule has 7 heteroatoms. The van der Waals surface area contributed by atoms with Gasteiger partial charge in [0.15, 0.2) is 0 Å². The van der Waals surface area contributed by atoms with Gasteiger partial charge in [-0.1, -0.05) is 17.7 Å². The lowest BCUT2D eigenvalue weighted by Crippen LogP contribution is -2.37. The average molecular weight is 376 g/mol. The third-order valence-corrected chi connectivity index (χ3v) is 5.50. The van der Waals surface area contributed by atoms with Gasteiger partial charge in [-0.05, 0) is 49.7 Å². The van der Waals surface area contributed by atoms with E-state index in [1.54, 1.807) is 17.0 Å². The van der Waals surface area contributed by atoms with Crippen LogP contribution in [0, 0.1) is 13.8 Å². The van der Waals surface area contributed by atoms with Gasteiger partial charge in [0.2, 0.25) is 15.9 Å². The Kier molecular flexibility index (Phi) is 6.39. The van der Waals surface area contributed by atoms with Gasteiger partial charge in [-0.25, -0.2) is 13.1 Å². The van der Waals surface area contributed by atoms with Gasteiger partial charge < -0.3 is 9.64 Å². The van der Waals surface area contributed by atoms with Gasteiger partial charge in [0, 0.05) is 25.7 Å². The van der Waals surface area contributed by atoms with Gasteiger partial charge in [-0.2, -0.15) is 0 Å². The third-order valence-electron chi connectivity index (χ3n) is 4.02. The topological polar surface area (TPSA) is 75.7 Å². The number of methoxy groups -OCH3 is 1. The van der Waals surface area contributed by atoms with Crippen molar-refractivity contribution >= 4 is 21.6 Å². The Labute approximate surface area is 154 Å². The van der Waals surface area contributed by atoms with Gasteiger partial charge in [0.25, 0.3) is 0 Å². The fraction of sp³-hybridized carbons (Fsp3) is 0.316. The summed E-state index contributed by atoms with van der Waals surface area (Å²) in [5.74, 6) is 0.446. The largest absolute Gasteiger partial charge is 0.497 e. The fourth-order valence-electron chi connectivity index (χ4n) is 2.69. The molecule has 2 rings (SSSR count). The molecule has 0 bridgehead atoms. The van der Waals surface area contributed by atoms with Crippen LogP contribution in [0.15, 0.2) is 47.4 Å². The van der Waals surface area contributed by atoms with E-state index in [4.69, 9.17) is 4.74 Å². The highest BCUT2D eigenvalue weighted by atomic mass is 32.2. The Morgan fingerprint density at radius 2 is 1.77 bits per heavy atom. The van der Waals surface area contributed by atoms with Gasteiger partial charge >= 0.3 is 0 Å². The third kappa shape index (κ3) is 4.83. The number of nitrogens with one attached hydrogen (secondary N) is 1. The molecule has 1 N–H and O–H groups in total. The lowest BCUT2D eigenvalue weighted by atomic mass is 10.1. The first-order chi connectivity index (χ1) is 12.2. The van der Waals surface area contributed by atoms with E-state index in [1.165, 1.54) is 26.2 Å². The minimum absolute atomic E-state index is 0.112. The number of benzene rings is 2. The molecule has 0 radical (unpaired) electrons. The predicted octanol–water partition coefficient (Wildman–Crippen LogP) is 2.64. The van der Waals surface area contributed by atoms with Crippen LogP contribution in [-0.4, -0.2) is 34.5 Å². The van der Waals surface area contributed by atoms with E-state index >= 15 is 0 Å². The van der Waals surface area contributed by atoms with E-state index in [-0.39, 0.29) is 23.9 Å². The first-order valence-electron chi connectivity index (χ1n) is 8.23. The summed E-state index contributed by atoms with van der Waals surface area (Å²) in [5, 5.41) is 0. The zero-order valence-corrected chi connectivity index (χ0v) is 16.3. The lowest BCUT2D eigenvalue weighted by Gasteiger charge is -2.23. The molecule has 0 aliphatic rings. The van der Waals surface area contributed by atoms with Crippen LogP contribution in [-0.2, 0) is 14.8 Å². The highest BCUT2D eigenvalue weighted by Crippen LogP contribution is 2.21. The van der Waals surface area contributed by atoms with Crippen LogP contribution < -0.4 is 14.4 Å². The second-order valence-corrected chi connectivity index (χ2v) is 7.80. The number of hydrogen-bond donors (Lipinski definition) is 1. The molecule has 0 spiro atoms. The predicted molar refractivity (Wildman–Crippen MR) is 102 cm³/mol. The van der Waals surface area contributed by atoms with E-state index < -0.39 is 10.0 Å². The highest BCUT2D eigenvalue weighted by molar-refractivity contribution is 7.89. The van der Waals surface area contributed by atoms with E-state index in [0.29, 0.717) is 5.75 Å². The number of sulfonamides is 1. The van der Waals surface area contributed by atoms with Crippen molar-refractivity contribution in [3.8, 4) is 5.75 Å². The Morgan fingerprint density at radius 3 is 2.31 bits per heavy atom. The lowest BCUT2D eigenvalue weighted by molar-refractivity contribution is -0.116. The average Bonchev–Trinajstić information content (AvgIpc) is 2.59. The van der Waals surface area contributed by atoms with E-state index in [2.05, 4.69) is 4.72 Å². The monoisotopic (exact) mass is 376 g/mol. The number of carbonyl (C=O) groups is 1. The van der Waals surface area contributed by atoms with Crippen LogP contribution in [0.3, 0.4) is 0 Å². The zero-order valence-electron chi connectivity index (χ0n) is 15.4. The second kappa shape index (κ2) is 8.33. The standard InChI is InChI=1S/C19H24N2O4S/c1-14-5-10-19(15(2)13-14)21(16(3)22)12-11-20-26(23,24)18-8-6-17(25-4)7-9-18/h5-10,13,20H,11-12H2,1-4H3. The maximum atomic E-state index is 12.4. The first-order valence-corrected chi connectivity index (χ1v) is 9.72. The van der Waals surface area contributed by atoms with Gasteiger partial charge in [-0.15, -0.1) is 0 Å². The Balaban J connectivity index is 2.08. The molecule has 2 aromatic carbocycles. The minimum Gasteiger partial charge on any atom is -0.497 e. The molecule has 0 heterocycles. The molecule has 0 aliphatic carbocycles. The number of anilines is 1. The Bertz CT molecular complexity index is 877. The summed E-state index contributed by atoms with van der Waals surface area (Å²) < 4.78 is 32.3. The van der Waals surface area contributed by atoms with Crippen LogP contribution in [0.25, 0.3) is 0 Å². The second-order valence-electron chi connectivity index (χ2n) is 6.03. The first kappa shape index (κ1) is 19.9. The summed E-state index contributed by atoms with van der Waals surface area (Å²) in [6.07, 6.45) is 0. The molecule has 0 aromatic heterocycles. The number of nitrogens with zero attached hydrogens (tertiary/aromatic N) is 1. The molecule has 0 atom stereocenters. The van der Waals surface area contributed by atoms with E-state index in [9.17, 15) is 13.2 Å². The molecule has 26 heavy (non-hydrogen) atoms. The summed E-state index contributed by atoms with van der Waals surface area (Å²) in [7, 11) is -2.13. The maximum Gasteiger partial charge on any atom is 0.240 e. The summed E-state index contributed by atoms with van der Waals surface area (Å²) >= 11 is 0. The number of carbonyl (C=O) groups excluding carboxylic acids is 1. The van der Waals surface area contributed by atoms with Crippen LogP contribution in [0.1, 0.15) is 18.1 Å². The van der Waals surface area contributed by atoms with Crippen LogP contribution >= 0.6 is 0 Å². The molecule has 140 valence electrons. The molecule has 0 saturated carbocycles. The molecule has 0 aliphatic heterocycles. The molecular formula is C19H24N2O4S. The summed E-state index contributed by atoms with van der Waals surface area (Å²) in [4.78, 5) is 13.7. The van der Waals surface area contributed by atoms with Crippen molar-refractivity contribution in [2.45, 2.75) is 25.7 Å². The van der Waals surface area contributed by atoms with Gasteiger partial charge in [0.1, 0.15) is 5.75 Å². The number of rotatable bonds is 7. The van der Waals surface area contributed by atoms with Crippen molar-refractivity contribution in [2.75, 3.05) is 25.1 Å². The van der Waals surface area contributed by atoms with Crippen LogP contribution in [0.4, 0.5) is 5.69 Å². The number of hydrogen-bond acceptors (Lipinski definition) is 4. The van der Waals surface area contributed by atoms with Gasteiger partial charge in [0.05, 0.1) is 12.0 Å². The van der Waals surface area contributed by atoms with Crippen molar-refractivity contribution in [1.29, 1.82) is 0 Å². The van der Waals surface area contributed by atoms with Crippen molar-refractivity contribution in [3.05, 3.63) is 53.6 Å². The van der Waals surface area contributed by atoms with Crippen LogP contribution in [0.2, 0.25) is 0 Å². The van der Waals surface area contributed by atoms with Crippen molar-refractivity contribution in [3.63, 3.8) is 0 Å². The number of aryl methyl sites for hydroxylation is 2. The summed E-state index contributed by atoms with van der Waals surface area (Å²) in [5.41, 5.74) is 2.86. The minimum atomic E-state index is -3.65. The smallest absolute Gasteiger partial charge is 0.240 e. The normalized spacial score (nSPS) is 11.2. The highest BCUT2D eigenvalue weighted by Gasteiger charge is 2.17. The van der Waals surface area contributed by atoms with Crippen LogP contribution in [0.5, 0.6) is 5.75 Å². The SMILES string of the molecule is COc1ccc(S(=O)(=O)NCCN(C(C)=O)c2ccc(C)cc2C)cc1. The summed E-state index contributed by atoms with van der Waals surface area (Å²) in [6, 6.07) is 11.9. The fourth-order valence-corrected chi connectivity index (χ4v) is 3.71. The number of ether oxygens (including phenoxy) is 1. The molecular weight excluding hydrogens is 352 g/mol. The molecule has 0 saturated heterocycles. The van der Waals surface area contributed by atoms with Crippen molar-refractivity contribution < 1.29 is 17.9 Å². The summed E-state index contributed by atoms with van der Waals surface area (Å²) in [6.45, 7) is 5.74. The molecule has 0 unspecified atom stereocenters. The molecule has 6 nitrogen and oxygen atoms in total. The number of amides is 1. The molecule has 0 fully saturated rings. The van der Waals surface area contributed by atoms with E-state index in [0.717, 1.165) is 16.8 Å². The zero-order chi connectivity index (χ0) is 19.3. The maximum absolute atomic E-state index is 12.4. The Morgan fingerprint density at radius 1 is 1.12 bits per heavy atom. The molecule has 1 amide bonds. The van der Waals surface area contributed by atoms with E-state index in [1.807, 2.05) is 32.0 Å². The van der Waals surface area contributed by atoms with Crippen molar-refractivity contribution in [2.24, 2.45) is 0 Å². The van der Waals surface area contributed by atoms with Gasteiger partial charge in [-0.3, -0.25) is 4.79 Å². The molecule has 2 aromatic rings. The Hall–Kier alpha value is -2.38.